The fourth-order valence-corrected chi connectivity index (χ4v) is 2.99. The largest absolute Gasteiger partial charge is 0.370 e. The van der Waals surface area contributed by atoms with E-state index in [1.54, 1.807) is 42.7 Å². The monoisotopic (exact) mass is 515 g/mol. The minimum absolute atomic E-state index is 0. The molecular formula is C18H23ClIN7O. The smallest absolute Gasteiger partial charge is 0.252 e. The zero-order chi connectivity index (χ0) is 19.1. The fraction of sp³-hybridized carbons (Fsp3) is 0.333. The van der Waals surface area contributed by atoms with E-state index in [-0.39, 0.29) is 29.9 Å². The van der Waals surface area contributed by atoms with Crippen LogP contribution in [0.25, 0.3) is 0 Å². The van der Waals surface area contributed by atoms with Crippen LogP contribution in [0.2, 0.25) is 5.02 Å². The summed E-state index contributed by atoms with van der Waals surface area (Å²) in [4.78, 5) is 29.1. The molecule has 0 spiro atoms. The van der Waals surface area contributed by atoms with Gasteiger partial charge in [0.1, 0.15) is 0 Å². The molecule has 150 valence electrons. The number of halogens is 2. The van der Waals surface area contributed by atoms with Crippen LogP contribution in [-0.4, -0.2) is 66.0 Å². The Morgan fingerprint density at radius 3 is 2.50 bits per heavy atom. The van der Waals surface area contributed by atoms with Crippen molar-refractivity contribution in [3.05, 3.63) is 53.3 Å². The molecule has 8 nitrogen and oxygen atoms in total. The third kappa shape index (κ3) is 5.93. The molecule has 1 amide bonds. The number of aliphatic imine (C=N–C) groups is 1. The first-order valence-corrected chi connectivity index (χ1v) is 9.12. The number of hydrogen-bond donors (Lipinski definition) is 2. The molecule has 1 fully saturated rings. The Labute approximate surface area is 186 Å². The Hall–Kier alpha value is -2.14. The molecule has 0 atom stereocenters. The minimum atomic E-state index is -0.217. The van der Waals surface area contributed by atoms with Gasteiger partial charge in [0.05, 0.1) is 17.1 Å². The molecule has 0 radical (unpaired) electrons. The normalized spacial score (nSPS) is 14.4. The van der Waals surface area contributed by atoms with E-state index in [0.29, 0.717) is 29.6 Å². The maximum Gasteiger partial charge on any atom is 0.252 e. The van der Waals surface area contributed by atoms with E-state index >= 15 is 0 Å². The standard InChI is InChI=1S/C18H22ClN7O.HI/c19-15-5-2-1-4-14(15)16(27)21-8-9-22-17(20)25-10-12-26(13-11-25)18-23-6-3-7-24-18;/h1-7H,8-13H2,(H2,20,22)(H,21,27);1H. The number of guanidine groups is 1. The van der Waals surface area contributed by atoms with Gasteiger partial charge in [-0.3, -0.25) is 9.79 Å². The summed E-state index contributed by atoms with van der Waals surface area (Å²) >= 11 is 6.01. The summed E-state index contributed by atoms with van der Waals surface area (Å²) in [6.07, 6.45) is 3.48. The first-order chi connectivity index (χ1) is 13.1. The van der Waals surface area contributed by atoms with Crippen molar-refractivity contribution in [2.24, 2.45) is 10.7 Å². The van der Waals surface area contributed by atoms with E-state index < -0.39 is 0 Å². The van der Waals surface area contributed by atoms with E-state index in [0.717, 1.165) is 32.1 Å². The first-order valence-electron chi connectivity index (χ1n) is 8.74. The Bertz CT molecular complexity index is 798. The number of nitrogens with one attached hydrogen (secondary N) is 1. The van der Waals surface area contributed by atoms with Crippen LogP contribution in [0, 0.1) is 0 Å². The van der Waals surface area contributed by atoms with Crippen LogP contribution in [0.5, 0.6) is 0 Å². The van der Waals surface area contributed by atoms with Crippen molar-refractivity contribution in [2.75, 3.05) is 44.2 Å². The van der Waals surface area contributed by atoms with Crippen LogP contribution in [-0.2, 0) is 0 Å². The van der Waals surface area contributed by atoms with Gasteiger partial charge in [-0.15, -0.1) is 24.0 Å². The molecule has 2 aromatic rings. The summed E-state index contributed by atoms with van der Waals surface area (Å²) in [5.41, 5.74) is 6.53. The van der Waals surface area contributed by atoms with Gasteiger partial charge >= 0.3 is 0 Å². The molecule has 0 saturated carbocycles. The molecule has 3 N–H and O–H groups in total. The summed E-state index contributed by atoms with van der Waals surface area (Å²) in [6.45, 7) is 3.86. The molecule has 2 heterocycles. The van der Waals surface area contributed by atoms with Crippen molar-refractivity contribution in [3.63, 3.8) is 0 Å². The number of carbonyl (C=O) groups excluding carboxylic acids is 1. The van der Waals surface area contributed by atoms with Crippen molar-refractivity contribution in [3.8, 4) is 0 Å². The van der Waals surface area contributed by atoms with E-state index in [2.05, 4.69) is 25.2 Å². The van der Waals surface area contributed by atoms with Gasteiger partial charge in [0.2, 0.25) is 5.95 Å². The maximum atomic E-state index is 12.1. The number of amides is 1. The number of hydrogen-bond acceptors (Lipinski definition) is 5. The van der Waals surface area contributed by atoms with Crippen LogP contribution >= 0.6 is 35.6 Å². The highest BCUT2D eigenvalue weighted by atomic mass is 127. The predicted octanol–water partition coefficient (Wildman–Crippen LogP) is 1.61. The van der Waals surface area contributed by atoms with Crippen LogP contribution < -0.4 is 16.0 Å². The van der Waals surface area contributed by atoms with E-state index in [1.807, 2.05) is 4.90 Å². The van der Waals surface area contributed by atoms with E-state index in [9.17, 15) is 4.79 Å². The lowest BCUT2D eigenvalue weighted by molar-refractivity contribution is 0.0955. The molecule has 1 aliphatic rings. The molecule has 0 unspecified atom stereocenters. The highest BCUT2D eigenvalue weighted by Gasteiger charge is 2.19. The summed E-state index contributed by atoms with van der Waals surface area (Å²) in [5.74, 6) is 0.997. The average molecular weight is 516 g/mol. The zero-order valence-electron chi connectivity index (χ0n) is 15.3. The Kier molecular flexibility index (Phi) is 8.71. The molecule has 0 bridgehead atoms. The number of benzene rings is 1. The zero-order valence-corrected chi connectivity index (χ0v) is 18.4. The second-order valence-corrected chi connectivity index (χ2v) is 6.41. The molecule has 28 heavy (non-hydrogen) atoms. The average Bonchev–Trinajstić information content (AvgIpc) is 2.72. The van der Waals surface area contributed by atoms with Crippen LogP contribution in [0.15, 0.2) is 47.7 Å². The second kappa shape index (κ2) is 11.0. The summed E-state index contributed by atoms with van der Waals surface area (Å²) < 4.78 is 0. The van der Waals surface area contributed by atoms with Gasteiger partial charge in [0.25, 0.3) is 5.91 Å². The third-order valence-corrected chi connectivity index (χ3v) is 4.56. The van der Waals surface area contributed by atoms with Crippen molar-refractivity contribution in [1.82, 2.24) is 20.2 Å². The van der Waals surface area contributed by atoms with Gasteiger partial charge in [-0.05, 0) is 18.2 Å². The van der Waals surface area contributed by atoms with Crippen molar-refractivity contribution < 1.29 is 4.79 Å². The topological polar surface area (TPSA) is 99.7 Å². The number of anilines is 1. The number of piperazine rings is 1. The lowest BCUT2D eigenvalue weighted by Crippen LogP contribution is -2.51. The number of rotatable bonds is 5. The van der Waals surface area contributed by atoms with Crippen LogP contribution in [0.4, 0.5) is 5.95 Å². The minimum Gasteiger partial charge on any atom is -0.370 e. The molecular weight excluding hydrogens is 493 g/mol. The van der Waals surface area contributed by atoms with Crippen LogP contribution in [0.1, 0.15) is 10.4 Å². The van der Waals surface area contributed by atoms with Gasteiger partial charge in [-0.2, -0.15) is 0 Å². The van der Waals surface area contributed by atoms with Crippen molar-refractivity contribution in [2.45, 2.75) is 0 Å². The molecule has 1 aromatic carbocycles. The van der Waals surface area contributed by atoms with Gasteiger partial charge in [0, 0.05) is 45.1 Å². The molecule has 1 saturated heterocycles. The molecule has 0 aliphatic carbocycles. The van der Waals surface area contributed by atoms with E-state index in [1.165, 1.54) is 0 Å². The molecule has 3 rings (SSSR count). The Morgan fingerprint density at radius 2 is 1.82 bits per heavy atom. The fourth-order valence-electron chi connectivity index (χ4n) is 2.77. The second-order valence-electron chi connectivity index (χ2n) is 6.00. The predicted molar refractivity (Wildman–Crippen MR) is 122 cm³/mol. The van der Waals surface area contributed by atoms with Gasteiger partial charge in [-0.25, -0.2) is 9.97 Å². The number of nitrogens with zero attached hydrogens (tertiary/aromatic N) is 5. The molecule has 10 heteroatoms. The van der Waals surface area contributed by atoms with Crippen molar-refractivity contribution in [1.29, 1.82) is 0 Å². The summed E-state index contributed by atoms with van der Waals surface area (Å²) in [5, 5.41) is 3.23. The lowest BCUT2D eigenvalue weighted by atomic mass is 10.2. The SMILES string of the molecule is I.NC(=NCCNC(=O)c1ccccc1Cl)N1CCN(c2ncccn2)CC1. The van der Waals surface area contributed by atoms with Crippen LogP contribution in [0.3, 0.4) is 0 Å². The highest BCUT2D eigenvalue weighted by Crippen LogP contribution is 2.14. The first kappa shape index (κ1) is 22.2. The molecule has 1 aliphatic heterocycles. The third-order valence-electron chi connectivity index (χ3n) is 4.23. The number of nitrogens with two attached hydrogens (primary N) is 1. The van der Waals surface area contributed by atoms with Crippen molar-refractivity contribution >= 4 is 53.4 Å². The lowest BCUT2D eigenvalue weighted by Gasteiger charge is -2.35. The number of aromatic nitrogens is 2. The van der Waals surface area contributed by atoms with Gasteiger partial charge in [0.15, 0.2) is 5.96 Å². The van der Waals surface area contributed by atoms with E-state index in [4.69, 9.17) is 17.3 Å². The number of carbonyl (C=O) groups is 1. The Balaban J connectivity index is 0.00000280. The summed E-state index contributed by atoms with van der Waals surface area (Å²) in [6, 6.07) is 8.73. The maximum absolute atomic E-state index is 12.1. The molecule has 1 aromatic heterocycles. The van der Waals surface area contributed by atoms with Gasteiger partial charge in [-0.1, -0.05) is 23.7 Å². The highest BCUT2D eigenvalue weighted by molar-refractivity contribution is 14.0. The van der Waals surface area contributed by atoms with Gasteiger partial charge < -0.3 is 20.9 Å². The Morgan fingerprint density at radius 1 is 1.14 bits per heavy atom. The summed E-state index contributed by atoms with van der Waals surface area (Å²) in [7, 11) is 0. The quantitative estimate of drug-likeness (QED) is 0.272.